The van der Waals surface area contributed by atoms with Gasteiger partial charge in [0.15, 0.2) is 5.65 Å². The summed E-state index contributed by atoms with van der Waals surface area (Å²) in [6.45, 7) is 0.482. The molecule has 29 heavy (non-hydrogen) atoms. The maximum atomic E-state index is 6.02. The molecule has 0 saturated heterocycles. The molecule has 0 unspecified atom stereocenters. The van der Waals surface area contributed by atoms with Crippen LogP contribution in [0, 0.1) is 17.8 Å². The third kappa shape index (κ3) is 2.82. The molecular weight excluding hydrogens is 362 g/mol. The summed E-state index contributed by atoms with van der Waals surface area (Å²) in [6.07, 6.45) is 10.4. The molecule has 150 valence electrons. The monoisotopic (exact) mass is 389 g/mol. The van der Waals surface area contributed by atoms with Gasteiger partial charge in [-0.15, -0.1) is 10.2 Å². The summed E-state index contributed by atoms with van der Waals surface area (Å²) in [7, 11) is 1.67. The summed E-state index contributed by atoms with van der Waals surface area (Å²) in [5.41, 5.74) is 2.25. The van der Waals surface area contributed by atoms with Crippen molar-refractivity contribution >= 4 is 5.65 Å². The molecular formula is C24H27N3O2. The Kier molecular flexibility index (Phi) is 3.87. The largest absolute Gasteiger partial charge is 0.497 e. The van der Waals surface area contributed by atoms with Crippen LogP contribution in [0.3, 0.4) is 0 Å². The van der Waals surface area contributed by atoms with Gasteiger partial charge in [-0.3, -0.25) is 4.40 Å². The number of hydrogen-bond acceptors (Lipinski definition) is 4. The first-order valence-corrected chi connectivity index (χ1v) is 10.8. The fourth-order valence-corrected chi connectivity index (χ4v) is 6.66. The number of pyridine rings is 1. The maximum Gasteiger partial charge on any atom is 0.167 e. The van der Waals surface area contributed by atoms with Crippen LogP contribution >= 0.6 is 0 Å². The molecule has 0 radical (unpaired) electrons. The van der Waals surface area contributed by atoms with Crippen LogP contribution in [0.5, 0.6) is 11.5 Å². The van der Waals surface area contributed by atoms with E-state index in [2.05, 4.69) is 27.8 Å². The summed E-state index contributed by atoms with van der Waals surface area (Å²) in [6, 6.07) is 11.9. The quantitative estimate of drug-likeness (QED) is 0.630. The van der Waals surface area contributed by atoms with E-state index in [4.69, 9.17) is 14.6 Å². The number of fused-ring (bicyclic) bond motifs is 1. The van der Waals surface area contributed by atoms with Crippen molar-refractivity contribution in [3.8, 4) is 11.5 Å². The van der Waals surface area contributed by atoms with Gasteiger partial charge in [-0.1, -0.05) is 6.07 Å². The minimum atomic E-state index is 0.240. The normalized spacial score (nSPS) is 30.0. The van der Waals surface area contributed by atoms with Crippen molar-refractivity contribution in [3.05, 3.63) is 54.0 Å². The zero-order valence-corrected chi connectivity index (χ0v) is 16.9. The van der Waals surface area contributed by atoms with E-state index in [1.807, 2.05) is 24.3 Å². The minimum absolute atomic E-state index is 0.240. The van der Waals surface area contributed by atoms with Crippen LogP contribution in [0.1, 0.15) is 49.9 Å². The number of benzene rings is 1. The lowest BCUT2D eigenvalue weighted by Gasteiger charge is -2.55. The summed E-state index contributed by atoms with van der Waals surface area (Å²) in [5, 5.41) is 9.39. The Bertz CT molecular complexity index is 1000. The summed E-state index contributed by atoms with van der Waals surface area (Å²) >= 11 is 0. The molecule has 0 amide bonds. The van der Waals surface area contributed by atoms with Crippen LogP contribution in [0.2, 0.25) is 0 Å². The standard InChI is InChI=1S/C24H27N3O2/c1-28-20-4-6-21(7-5-20)29-15-19-3-2-8-27-22(19)25-26-23(27)24-12-16-9-17(13-24)11-18(10-16)14-24/h2-8,16-18H,9-15H2,1H3. The Morgan fingerprint density at radius 2 is 1.59 bits per heavy atom. The lowest BCUT2D eigenvalue weighted by atomic mass is 9.49. The molecule has 5 heteroatoms. The van der Waals surface area contributed by atoms with Crippen LogP contribution < -0.4 is 9.47 Å². The van der Waals surface area contributed by atoms with E-state index in [-0.39, 0.29) is 5.41 Å². The molecule has 7 rings (SSSR count). The van der Waals surface area contributed by atoms with Gasteiger partial charge >= 0.3 is 0 Å². The van der Waals surface area contributed by atoms with Crippen LogP contribution in [0.25, 0.3) is 5.65 Å². The lowest BCUT2D eigenvalue weighted by Crippen LogP contribution is -2.49. The molecule has 4 aliphatic rings. The lowest BCUT2D eigenvalue weighted by molar-refractivity contribution is -0.00984. The first-order chi connectivity index (χ1) is 14.2. The van der Waals surface area contributed by atoms with Crippen molar-refractivity contribution in [2.75, 3.05) is 7.11 Å². The van der Waals surface area contributed by atoms with Crippen molar-refractivity contribution in [2.24, 2.45) is 17.8 Å². The molecule has 1 aromatic carbocycles. The van der Waals surface area contributed by atoms with Crippen LogP contribution in [0.15, 0.2) is 42.6 Å². The average Bonchev–Trinajstić information content (AvgIpc) is 3.17. The molecule has 3 aromatic rings. The molecule has 4 aliphatic carbocycles. The van der Waals surface area contributed by atoms with E-state index in [1.165, 1.54) is 44.3 Å². The second-order valence-corrected chi connectivity index (χ2v) is 9.41. The molecule has 4 fully saturated rings. The molecule has 0 atom stereocenters. The Balaban J connectivity index is 1.30. The van der Waals surface area contributed by atoms with E-state index >= 15 is 0 Å². The SMILES string of the molecule is COc1ccc(OCc2cccn3c(C45CC6CC(CC(C6)C4)C5)nnc23)cc1. The van der Waals surface area contributed by atoms with Gasteiger partial charge in [0, 0.05) is 17.2 Å². The zero-order chi connectivity index (χ0) is 19.4. The molecule has 2 heterocycles. The predicted octanol–water partition coefficient (Wildman–Crippen LogP) is 4.78. The van der Waals surface area contributed by atoms with Crippen molar-refractivity contribution < 1.29 is 9.47 Å². The van der Waals surface area contributed by atoms with Crippen molar-refractivity contribution in [1.82, 2.24) is 14.6 Å². The van der Waals surface area contributed by atoms with E-state index < -0.39 is 0 Å². The molecule has 4 saturated carbocycles. The van der Waals surface area contributed by atoms with Crippen LogP contribution in [-0.2, 0) is 12.0 Å². The van der Waals surface area contributed by atoms with E-state index in [0.29, 0.717) is 6.61 Å². The third-order valence-corrected chi connectivity index (χ3v) is 7.48. The third-order valence-electron chi connectivity index (χ3n) is 7.48. The Hall–Kier alpha value is -2.56. The van der Waals surface area contributed by atoms with Gasteiger partial charge in [0.25, 0.3) is 0 Å². The van der Waals surface area contributed by atoms with E-state index in [1.54, 1.807) is 7.11 Å². The van der Waals surface area contributed by atoms with Gasteiger partial charge in [-0.2, -0.15) is 0 Å². The van der Waals surface area contributed by atoms with Gasteiger partial charge in [0.2, 0.25) is 0 Å². The molecule has 2 aromatic heterocycles. The van der Waals surface area contributed by atoms with Gasteiger partial charge in [0.1, 0.15) is 23.9 Å². The van der Waals surface area contributed by atoms with Crippen LogP contribution in [0.4, 0.5) is 0 Å². The van der Waals surface area contributed by atoms with Gasteiger partial charge in [0.05, 0.1) is 7.11 Å². The number of rotatable bonds is 5. The number of ether oxygens (including phenoxy) is 2. The molecule has 0 spiro atoms. The first kappa shape index (κ1) is 17.3. The molecule has 0 aliphatic heterocycles. The highest BCUT2D eigenvalue weighted by atomic mass is 16.5. The number of hydrogen-bond donors (Lipinski definition) is 0. The summed E-state index contributed by atoms with van der Waals surface area (Å²) < 4.78 is 13.5. The number of methoxy groups -OCH3 is 1. The highest BCUT2D eigenvalue weighted by Gasteiger charge is 2.53. The van der Waals surface area contributed by atoms with E-state index in [9.17, 15) is 0 Å². The number of aromatic nitrogens is 3. The topological polar surface area (TPSA) is 48.7 Å². The average molecular weight is 389 g/mol. The Morgan fingerprint density at radius 1 is 0.931 bits per heavy atom. The van der Waals surface area contributed by atoms with Crippen molar-refractivity contribution in [1.29, 1.82) is 0 Å². The highest BCUT2D eigenvalue weighted by Crippen LogP contribution is 2.60. The van der Waals surface area contributed by atoms with Gasteiger partial charge < -0.3 is 9.47 Å². The Labute approximate surface area is 171 Å². The van der Waals surface area contributed by atoms with Gasteiger partial charge in [-0.25, -0.2) is 0 Å². The second kappa shape index (κ2) is 6.48. The summed E-state index contributed by atoms with van der Waals surface area (Å²) in [4.78, 5) is 0. The van der Waals surface area contributed by atoms with Crippen LogP contribution in [-0.4, -0.2) is 21.7 Å². The fraction of sp³-hybridized carbons (Fsp3) is 0.500. The van der Waals surface area contributed by atoms with Gasteiger partial charge in [-0.05, 0) is 86.6 Å². The molecule has 0 N–H and O–H groups in total. The van der Waals surface area contributed by atoms with Crippen molar-refractivity contribution in [2.45, 2.75) is 50.5 Å². The second-order valence-electron chi connectivity index (χ2n) is 9.41. The maximum absolute atomic E-state index is 6.02. The Morgan fingerprint density at radius 3 is 2.24 bits per heavy atom. The number of nitrogens with zero attached hydrogens (tertiary/aromatic N) is 3. The first-order valence-electron chi connectivity index (χ1n) is 10.8. The predicted molar refractivity (Wildman–Crippen MR) is 110 cm³/mol. The highest BCUT2D eigenvalue weighted by molar-refractivity contribution is 5.48. The summed E-state index contributed by atoms with van der Waals surface area (Å²) in [5.74, 6) is 5.55. The smallest absolute Gasteiger partial charge is 0.167 e. The molecule has 5 nitrogen and oxygen atoms in total. The molecule has 4 bridgehead atoms. The zero-order valence-electron chi connectivity index (χ0n) is 16.9. The minimum Gasteiger partial charge on any atom is -0.497 e. The van der Waals surface area contributed by atoms with Crippen molar-refractivity contribution in [3.63, 3.8) is 0 Å². The van der Waals surface area contributed by atoms with E-state index in [0.717, 1.165) is 40.5 Å². The fourth-order valence-electron chi connectivity index (χ4n) is 6.66.